The van der Waals surface area contributed by atoms with Crippen LogP contribution in [-0.4, -0.2) is 44.9 Å². The molecule has 0 bridgehead atoms. The quantitative estimate of drug-likeness (QED) is 0.365. The van der Waals surface area contributed by atoms with E-state index in [2.05, 4.69) is 0 Å². The molecule has 0 radical (unpaired) electrons. The molecule has 8 nitrogen and oxygen atoms in total. The summed E-state index contributed by atoms with van der Waals surface area (Å²) < 4.78 is 5.20. The predicted molar refractivity (Wildman–Crippen MR) is 77.7 cm³/mol. The van der Waals surface area contributed by atoms with Crippen LogP contribution in [0.3, 0.4) is 0 Å². The van der Waals surface area contributed by atoms with Crippen LogP contribution >= 0.6 is 11.8 Å². The summed E-state index contributed by atoms with van der Waals surface area (Å²) in [6, 6.07) is 5.27. The Morgan fingerprint density at radius 1 is 1.45 bits per heavy atom. The van der Waals surface area contributed by atoms with Crippen molar-refractivity contribution in [1.82, 2.24) is 4.90 Å². The molecule has 2 aliphatic heterocycles. The van der Waals surface area contributed by atoms with Gasteiger partial charge in [0.25, 0.3) is 5.69 Å². The van der Waals surface area contributed by atoms with Crippen LogP contribution in [0.5, 0.6) is 0 Å². The molecule has 1 aromatic rings. The molecule has 0 unspecified atom stereocenters. The van der Waals surface area contributed by atoms with Gasteiger partial charge in [0.15, 0.2) is 0 Å². The lowest BCUT2D eigenvalue weighted by molar-refractivity contribution is -0.384. The minimum atomic E-state index is -0.530. The molecule has 22 heavy (non-hydrogen) atoms. The van der Waals surface area contributed by atoms with Gasteiger partial charge in [0, 0.05) is 18.7 Å². The molecule has 2 fully saturated rings. The van der Waals surface area contributed by atoms with Crippen molar-refractivity contribution >= 4 is 29.3 Å². The Bertz CT molecular complexity index is 635. The first-order chi connectivity index (χ1) is 10.5. The molecule has 0 aromatic heterocycles. The van der Waals surface area contributed by atoms with E-state index in [1.165, 1.54) is 23.9 Å². The van der Waals surface area contributed by atoms with Crippen LogP contribution in [0.15, 0.2) is 24.3 Å². The summed E-state index contributed by atoms with van der Waals surface area (Å²) in [6.07, 6.45) is 0. The van der Waals surface area contributed by atoms with Gasteiger partial charge >= 0.3 is 5.97 Å². The number of amides is 1. The number of hydrogen-bond donors (Lipinski definition) is 1. The van der Waals surface area contributed by atoms with Gasteiger partial charge in [-0.25, -0.2) is 0 Å². The van der Waals surface area contributed by atoms with Gasteiger partial charge in [0.2, 0.25) is 5.91 Å². The number of carbonyl (C=O) groups excluding carboxylic acids is 2. The van der Waals surface area contributed by atoms with Gasteiger partial charge in [-0.15, -0.1) is 11.8 Å². The zero-order valence-corrected chi connectivity index (χ0v) is 12.2. The van der Waals surface area contributed by atoms with Crippen LogP contribution in [0, 0.1) is 10.1 Å². The van der Waals surface area contributed by atoms with E-state index < -0.39 is 22.2 Å². The molecule has 2 heterocycles. The topological polar surface area (TPSA) is 116 Å². The van der Waals surface area contributed by atoms with Crippen molar-refractivity contribution in [3.05, 3.63) is 39.9 Å². The monoisotopic (exact) mass is 323 g/mol. The molecule has 1 aromatic carbocycles. The Balaban J connectivity index is 1.53. The van der Waals surface area contributed by atoms with Crippen molar-refractivity contribution in [3.63, 3.8) is 0 Å². The number of carbonyl (C=O) groups is 2. The zero-order valence-electron chi connectivity index (χ0n) is 11.4. The molecular formula is C13H13N3O5S. The molecule has 116 valence electrons. The third-order valence-electron chi connectivity index (χ3n) is 3.64. The van der Waals surface area contributed by atoms with E-state index in [4.69, 9.17) is 10.5 Å². The van der Waals surface area contributed by atoms with Crippen molar-refractivity contribution in [2.45, 2.75) is 23.3 Å². The Labute approximate surface area is 129 Å². The lowest BCUT2D eigenvalue weighted by atomic mass is 10.1. The number of thioether (sulfide) groups is 1. The van der Waals surface area contributed by atoms with Crippen molar-refractivity contribution < 1.29 is 19.2 Å². The van der Waals surface area contributed by atoms with Gasteiger partial charge in [-0.05, 0) is 17.7 Å². The number of non-ortho nitro benzene ring substituents is 1. The van der Waals surface area contributed by atoms with Crippen molar-refractivity contribution in [1.29, 1.82) is 0 Å². The van der Waals surface area contributed by atoms with E-state index in [0.717, 1.165) is 0 Å². The summed E-state index contributed by atoms with van der Waals surface area (Å²) in [7, 11) is 0. The average molecular weight is 323 g/mol. The highest BCUT2D eigenvalue weighted by atomic mass is 32.2. The maximum Gasteiger partial charge on any atom is 0.321 e. The summed E-state index contributed by atoms with van der Waals surface area (Å²) in [5, 5.41) is 9.98. The maximum atomic E-state index is 12.0. The number of nitrogens with zero attached hydrogens (tertiary/aromatic N) is 2. The second-order valence-corrected chi connectivity index (χ2v) is 6.39. The van der Waals surface area contributed by atoms with E-state index in [9.17, 15) is 19.7 Å². The van der Waals surface area contributed by atoms with Gasteiger partial charge in [-0.1, -0.05) is 0 Å². The van der Waals surface area contributed by atoms with Crippen molar-refractivity contribution in [3.8, 4) is 0 Å². The van der Waals surface area contributed by atoms with Crippen LogP contribution in [-0.2, 0) is 20.9 Å². The molecular weight excluding hydrogens is 310 g/mol. The summed E-state index contributed by atoms with van der Waals surface area (Å²) in [4.78, 5) is 35.1. The van der Waals surface area contributed by atoms with Gasteiger partial charge in [0.05, 0.1) is 4.92 Å². The van der Waals surface area contributed by atoms with Gasteiger partial charge in [-0.3, -0.25) is 19.7 Å². The fourth-order valence-electron chi connectivity index (χ4n) is 2.38. The smallest absolute Gasteiger partial charge is 0.321 e. The van der Waals surface area contributed by atoms with Crippen LogP contribution < -0.4 is 5.73 Å². The number of hydrogen-bond acceptors (Lipinski definition) is 7. The number of nitrogens with two attached hydrogens (primary N) is 1. The normalized spacial score (nSPS) is 26.3. The number of rotatable bonds is 4. The first-order valence-electron chi connectivity index (χ1n) is 6.59. The zero-order chi connectivity index (χ0) is 15.9. The van der Waals surface area contributed by atoms with Gasteiger partial charge in [0.1, 0.15) is 23.3 Å². The molecule has 2 N–H and O–H groups in total. The highest BCUT2D eigenvalue weighted by Crippen LogP contribution is 2.39. The van der Waals surface area contributed by atoms with E-state index in [1.54, 1.807) is 17.0 Å². The highest BCUT2D eigenvalue weighted by Gasteiger charge is 2.53. The average Bonchev–Trinajstić information content (AvgIpc) is 2.93. The minimum absolute atomic E-state index is 0.0155. The SMILES string of the molecule is N[C@@H]1C(=O)N2C[C@H](C(=O)OCc3ccc([N+](=O)[O-])cc3)S[C@H]12. The fourth-order valence-corrected chi connectivity index (χ4v) is 3.77. The lowest BCUT2D eigenvalue weighted by Crippen LogP contribution is -2.64. The van der Waals surface area contributed by atoms with Crippen molar-refractivity contribution in [2.75, 3.05) is 6.54 Å². The molecule has 0 saturated carbocycles. The van der Waals surface area contributed by atoms with Crippen LogP contribution in [0.4, 0.5) is 5.69 Å². The molecule has 0 spiro atoms. The minimum Gasteiger partial charge on any atom is -0.460 e. The van der Waals surface area contributed by atoms with Crippen LogP contribution in [0.2, 0.25) is 0 Å². The Hall–Kier alpha value is -2.13. The molecule has 9 heteroatoms. The number of nitro benzene ring substituents is 1. The second-order valence-electron chi connectivity index (χ2n) is 5.06. The molecule has 0 aliphatic carbocycles. The number of fused-ring (bicyclic) bond motifs is 1. The molecule has 2 saturated heterocycles. The summed E-state index contributed by atoms with van der Waals surface area (Å²) in [6.45, 7) is 0.361. The van der Waals surface area contributed by atoms with Gasteiger partial charge in [-0.2, -0.15) is 0 Å². The van der Waals surface area contributed by atoms with E-state index in [1.807, 2.05) is 0 Å². The molecule has 3 rings (SSSR count). The summed E-state index contributed by atoms with van der Waals surface area (Å²) in [5.74, 6) is -0.541. The number of ether oxygens (including phenoxy) is 1. The largest absolute Gasteiger partial charge is 0.460 e. The summed E-state index contributed by atoms with van der Waals surface area (Å²) >= 11 is 1.34. The predicted octanol–water partition coefficient (Wildman–Crippen LogP) is 0.249. The second kappa shape index (κ2) is 5.58. The van der Waals surface area contributed by atoms with Crippen molar-refractivity contribution in [2.24, 2.45) is 5.73 Å². The molecule has 1 amide bonds. The standard InChI is InChI=1S/C13H13N3O5S/c14-10-11(17)15-5-9(22-12(10)15)13(18)21-6-7-1-3-8(4-2-7)16(19)20/h1-4,9-10,12H,5-6,14H2/t9-,10-,12-/m1/s1. The Kier molecular flexibility index (Phi) is 3.75. The summed E-state index contributed by atoms with van der Waals surface area (Å²) in [5.41, 5.74) is 6.30. The third-order valence-corrected chi connectivity index (χ3v) is 5.14. The van der Waals surface area contributed by atoms with E-state index >= 15 is 0 Å². The van der Waals surface area contributed by atoms with Crippen LogP contribution in [0.1, 0.15) is 5.56 Å². The highest BCUT2D eigenvalue weighted by molar-refractivity contribution is 8.01. The maximum absolute atomic E-state index is 12.0. The third kappa shape index (κ3) is 2.53. The number of esters is 1. The number of benzene rings is 1. The lowest BCUT2D eigenvalue weighted by Gasteiger charge is -2.38. The molecule has 3 atom stereocenters. The van der Waals surface area contributed by atoms with Crippen LogP contribution in [0.25, 0.3) is 0 Å². The number of nitro groups is 1. The molecule has 2 aliphatic rings. The van der Waals surface area contributed by atoms with E-state index in [0.29, 0.717) is 12.1 Å². The number of β-lactam (4-membered cyclic amide) rings is 1. The first-order valence-corrected chi connectivity index (χ1v) is 7.53. The Morgan fingerprint density at radius 3 is 2.73 bits per heavy atom. The Morgan fingerprint density at radius 2 is 2.14 bits per heavy atom. The fraction of sp³-hybridized carbons (Fsp3) is 0.385. The first kappa shape index (κ1) is 14.8. The van der Waals surface area contributed by atoms with E-state index in [-0.39, 0.29) is 23.6 Å². The van der Waals surface area contributed by atoms with Gasteiger partial charge < -0.3 is 15.4 Å².